The van der Waals surface area contributed by atoms with Gasteiger partial charge in [0.1, 0.15) is 17.2 Å². The standard InChI is InChI=1S/C24H29FO4/c1-16(2)20-10-9-17(13-21(20)25)11-12-24(27,18-7-5-6-8-18)15-19-14-22(26)29-23(3,4)28-19/h9-10,13-14,16,18,27H,5-8,15H2,1-4H3. The van der Waals surface area contributed by atoms with Crippen LogP contribution in [0.15, 0.2) is 30.0 Å². The van der Waals surface area contributed by atoms with E-state index in [0.29, 0.717) is 16.9 Å². The van der Waals surface area contributed by atoms with Crippen molar-refractivity contribution >= 4 is 5.97 Å². The maximum atomic E-state index is 14.3. The Morgan fingerprint density at radius 3 is 2.55 bits per heavy atom. The zero-order valence-electron chi connectivity index (χ0n) is 17.5. The van der Waals surface area contributed by atoms with Crippen molar-refractivity contribution in [3.63, 3.8) is 0 Å². The Labute approximate surface area is 172 Å². The summed E-state index contributed by atoms with van der Waals surface area (Å²) < 4.78 is 25.2. The zero-order chi connectivity index (χ0) is 21.2. The van der Waals surface area contributed by atoms with Crippen LogP contribution in [0.3, 0.4) is 0 Å². The molecular weight excluding hydrogens is 371 g/mol. The van der Waals surface area contributed by atoms with Crippen molar-refractivity contribution in [3.8, 4) is 11.8 Å². The number of rotatable bonds is 4. The molecule has 0 radical (unpaired) electrons. The highest BCUT2D eigenvalue weighted by molar-refractivity contribution is 5.83. The summed E-state index contributed by atoms with van der Waals surface area (Å²) in [6, 6.07) is 4.93. The van der Waals surface area contributed by atoms with E-state index in [9.17, 15) is 14.3 Å². The Kier molecular flexibility index (Phi) is 6.05. The minimum Gasteiger partial charge on any atom is -0.457 e. The molecule has 1 aliphatic heterocycles. The summed E-state index contributed by atoms with van der Waals surface area (Å²) in [5.41, 5.74) is -0.201. The van der Waals surface area contributed by atoms with E-state index in [-0.39, 0.29) is 24.1 Å². The first-order valence-corrected chi connectivity index (χ1v) is 10.3. The third-order valence-electron chi connectivity index (χ3n) is 5.52. The fourth-order valence-corrected chi connectivity index (χ4v) is 4.07. The van der Waals surface area contributed by atoms with Gasteiger partial charge in [0, 0.05) is 25.8 Å². The van der Waals surface area contributed by atoms with Gasteiger partial charge in [-0.1, -0.05) is 44.6 Å². The van der Waals surface area contributed by atoms with E-state index in [2.05, 4.69) is 11.8 Å². The van der Waals surface area contributed by atoms with Crippen LogP contribution in [0, 0.1) is 23.6 Å². The first-order chi connectivity index (χ1) is 13.6. The summed E-state index contributed by atoms with van der Waals surface area (Å²) in [7, 11) is 0. The summed E-state index contributed by atoms with van der Waals surface area (Å²) in [6.07, 6.45) is 5.12. The van der Waals surface area contributed by atoms with Gasteiger partial charge in [-0.15, -0.1) is 0 Å². The number of cyclic esters (lactones) is 1. The first kappa shape index (κ1) is 21.4. The van der Waals surface area contributed by atoms with E-state index in [0.717, 1.165) is 25.7 Å². The van der Waals surface area contributed by atoms with Crippen LogP contribution < -0.4 is 0 Å². The van der Waals surface area contributed by atoms with Crippen molar-refractivity contribution in [1.82, 2.24) is 0 Å². The van der Waals surface area contributed by atoms with Gasteiger partial charge in [0.15, 0.2) is 0 Å². The molecule has 1 fully saturated rings. The molecule has 1 unspecified atom stereocenters. The number of halogens is 1. The Bertz CT molecular complexity index is 869. The fraction of sp³-hybridized carbons (Fsp3) is 0.542. The number of ether oxygens (including phenoxy) is 2. The quantitative estimate of drug-likeness (QED) is 0.582. The molecular formula is C24H29FO4. The number of esters is 1. The molecule has 0 spiro atoms. The van der Waals surface area contributed by atoms with Crippen LogP contribution in [0.4, 0.5) is 4.39 Å². The summed E-state index contributed by atoms with van der Waals surface area (Å²) in [5.74, 6) is 4.49. The van der Waals surface area contributed by atoms with Gasteiger partial charge in [-0.3, -0.25) is 0 Å². The van der Waals surface area contributed by atoms with E-state index in [1.165, 1.54) is 12.1 Å². The number of hydrogen-bond acceptors (Lipinski definition) is 4. The van der Waals surface area contributed by atoms with Crippen LogP contribution >= 0.6 is 0 Å². The summed E-state index contributed by atoms with van der Waals surface area (Å²) in [6.45, 7) is 7.18. The summed E-state index contributed by atoms with van der Waals surface area (Å²) in [5, 5.41) is 11.5. The molecule has 1 atom stereocenters. The van der Waals surface area contributed by atoms with Crippen LogP contribution in [0.25, 0.3) is 0 Å². The molecule has 1 aliphatic carbocycles. The Morgan fingerprint density at radius 2 is 1.97 bits per heavy atom. The smallest absolute Gasteiger partial charge is 0.337 e. The molecule has 156 valence electrons. The first-order valence-electron chi connectivity index (χ1n) is 10.3. The Morgan fingerprint density at radius 1 is 1.28 bits per heavy atom. The van der Waals surface area contributed by atoms with E-state index < -0.39 is 17.4 Å². The predicted octanol–water partition coefficient (Wildman–Crippen LogP) is 4.81. The van der Waals surface area contributed by atoms with Crippen LogP contribution in [-0.4, -0.2) is 22.5 Å². The third kappa shape index (κ3) is 5.19. The second kappa shape index (κ2) is 8.20. The predicted molar refractivity (Wildman–Crippen MR) is 108 cm³/mol. The van der Waals surface area contributed by atoms with Gasteiger partial charge in [-0.2, -0.15) is 0 Å². The largest absolute Gasteiger partial charge is 0.457 e. The average molecular weight is 400 g/mol. The SMILES string of the molecule is CC(C)c1ccc(C#CC(O)(CC2=CC(=O)OC(C)(C)O2)C2CCCC2)cc1F. The van der Waals surface area contributed by atoms with Crippen LogP contribution in [0.2, 0.25) is 0 Å². The van der Waals surface area contributed by atoms with Crippen LogP contribution in [0.1, 0.15) is 76.8 Å². The van der Waals surface area contributed by atoms with Crippen molar-refractivity contribution in [3.05, 3.63) is 47.0 Å². The van der Waals surface area contributed by atoms with Crippen molar-refractivity contribution in [2.75, 3.05) is 0 Å². The van der Waals surface area contributed by atoms with Gasteiger partial charge >= 0.3 is 5.97 Å². The maximum Gasteiger partial charge on any atom is 0.337 e. The molecule has 1 aromatic carbocycles. The molecule has 1 saturated carbocycles. The number of aliphatic hydroxyl groups is 1. The topological polar surface area (TPSA) is 55.8 Å². The van der Waals surface area contributed by atoms with Crippen molar-refractivity contribution in [2.24, 2.45) is 5.92 Å². The number of carbonyl (C=O) groups is 1. The molecule has 1 aromatic rings. The average Bonchev–Trinajstić information content (AvgIpc) is 3.13. The van der Waals surface area contributed by atoms with E-state index >= 15 is 0 Å². The van der Waals surface area contributed by atoms with Crippen molar-refractivity contribution in [1.29, 1.82) is 0 Å². The molecule has 0 aromatic heterocycles. The maximum absolute atomic E-state index is 14.3. The molecule has 1 heterocycles. The molecule has 0 amide bonds. The van der Waals surface area contributed by atoms with Crippen molar-refractivity contribution in [2.45, 2.75) is 77.1 Å². The van der Waals surface area contributed by atoms with Gasteiger partial charge in [0.25, 0.3) is 0 Å². The normalized spacial score (nSPS) is 20.9. The van der Waals surface area contributed by atoms with E-state index in [1.54, 1.807) is 26.0 Å². The monoisotopic (exact) mass is 400 g/mol. The molecule has 0 saturated heterocycles. The number of carbonyl (C=O) groups excluding carboxylic acids is 1. The van der Waals surface area contributed by atoms with E-state index in [4.69, 9.17) is 9.47 Å². The highest BCUT2D eigenvalue weighted by Gasteiger charge is 2.41. The lowest BCUT2D eigenvalue weighted by molar-refractivity contribution is -0.207. The number of hydrogen-bond donors (Lipinski definition) is 1. The van der Waals surface area contributed by atoms with Gasteiger partial charge in [0.05, 0.1) is 6.08 Å². The van der Waals surface area contributed by atoms with Gasteiger partial charge < -0.3 is 14.6 Å². The second-order valence-electron chi connectivity index (χ2n) is 8.76. The van der Waals surface area contributed by atoms with Crippen molar-refractivity contribution < 1.29 is 23.8 Å². The molecule has 0 bridgehead atoms. The van der Waals surface area contributed by atoms with Gasteiger partial charge in [-0.25, -0.2) is 9.18 Å². The lowest BCUT2D eigenvalue weighted by Crippen LogP contribution is -2.40. The fourth-order valence-electron chi connectivity index (χ4n) is 4.07. The lowest BCUT2D eigenvalue weighted by Gasteiger charge is -2.35. The molecule has 1 N–H and O–H groups in total. The lowest BCUT2D eigenvalue weighted by atomic mass is 9.82. The van der Waals surface area contributed by atoms with Crippen LogP contribution in [0.5, 0.6) is 0 Å². The van der Waals surface area contributed by atoms with Gasteiger partial charge in [-0.05, 0) is 42.4 Å². The minimum atomic E-state index is -1.36. The van der Waals surface area contributed by atoms with Crippen LogP contribution in [-0.2, 0) is 14.3 Å². The third-order valence-corrected chi connectivity index (χ3v) is 5.52. The van der Waals surface area contributed by atoms with Gasteiger partial charge in [0.2, 0.25) is 5.79 Å². The highest BCUT2D eigenvalue weighted by Crippen LogP contribution is 2.39. The summed E-state index contributed by atoms with van der Waals surface area (Å²) >= 11 is 0. The minimum absolute atomic E-state index is 0.0275. The molecule has 29 heavy (non-hydrogen) atoms. The molecule has 4 nitrogen and oxygen atoms in total. The second-order valence-corrected chi connectivity index (χ2v) is 8.76. The highest BCUT2D eigenvalue weighted by atomic mass is 19.1. The summed E-state index contributed by atoms with van der Waals surface area (Å²) in [4.78, 5) is 11.9. The molecule has 3 rings (SSSR count). The Hall–Kier alpha value is -2.32. The zero-order valence-corrected chi connectivity index (χ0v) is 17.5. The molecule has 5 heteroatoms. The molecule has 2 aliphatic rings. The Balaban J connectivity index is 1.89. The van der Waals surface area contributed by atoms with E-state index in [1.807, 2.05) is 13.8 Å². The number of benzene rings is 1.